The predicted molar refractivity (Wildman–Crippen MR) is 59.4 cm³/mol. The zero-order valence-electron chi connectivity index (χ0n) is 9.37. The van der Waals surface area contributed by atoms with Gasteiger partial charge in [-0.15, -0.1) is 0 Å². The molecule has 0 atom stereocenters. The third-order valence-electron chi connectivity index (χ3n) is 3.21. The molecule has 82 valence electrons. The van der Waals surface area contributed by atoms with E-state index in [-0.39, 0.29) is 0 Å². The smallest absolute Gasteiger partial charge is 0.120 e. The molecule has 0 unspecified atom stereocenters. The lowest BCUT2D eigenvalue weighted by Gasteiger charge is -2.31. The van der Waals surface area contributed by atoms with Gasteiger partial charge in [-0.05, 0) is 44.8 Å². The van der Waals surface area contributed by atoms with Gasteiger partial charge in [-0.3, -0.25) is 0 Å². The summed E-state index contributed by atoms with van der Waals surface area (Å²) in [6.45, 7) is 5.93. The van der Waals surface area contributed by atoms with Gasteiger partial charge in [0.05, 0.1) is 0 Å². The maximum atomic E-state index is 10.4. The largest absolute Gasteiger partial charge is 0.303 e. The Bertz CT molecular complexity index is 150. The molecule has 0 aromatic carbocycles. The second kappa shape index (κ2) is 6.99. The summed E-state index contributed by atoms with van der Waals surface area (Å²) in [4.78, 5) is 12.9. The minimum atomic E-state index is 0.676. The van der Waals surface area contributed by atoms with Crippen molar-refractivity contribution in [3.63, 3.8) is 0 Å². The third-order valence-corrected chi connectivity index (χ3v) is 3.21. The minimum absolute atomic E-state index is 0.676. The van der Waals surface area contributed by atoms with Crippen molar-refractivity contribution >= 4 is 6.29 Å². The predicted octanol–water partition coefficient (Wildman–Crippen LogP) is 2.48. The van der Waals surface area contributed by atoms with E-state index < -0.39 is 0 Å². The zero-order valence-corrected chi connectivity index (χ0v) is 9.37. The second-order valence-corrected chi connectivity index (χ2v) is 4.39. The minimum Gasteiger partial charge on any atom is -0.303 e. The Morgan fingerprint density at radius 2 is 2.00 bits per heavy atom. The number of aldehydes is 1. The molecule has 0 radical (unpaired) electrons. The molecule has 1 saturated heterocycles. The van der Waals surface area contributed by atoms with Crippen LogP contribution in [0.1, 0.15) is 45.4 Å². The first-order chi connectivity index (χ1) is 6.86. The first-order valence-corrected chi connectivity index (χ1v) is 6.02. The van der Waals surface area contributed by atoms with Gasteiger partial charge in [0, 0.05) is 6.42 Å². The van der Waals surface area contributed by atoms with Crippen LogP contribution >= 0.6 is 0 Å². The van der Waals surface area contributed by atoms with Crippen LogP contribution < -0.4 is 0 Å². The fourth-order valence-electron chi connectivity index (χ4n) is 2.17. The molecule has 1 aliphatic rings. The molecule has 0 aliphatic carbocycles. The summed E-state index contributed by atoms with van der Waals surface area (Å²) in [5, 5.41) is 0. The van der Waals surface area contributed by atoms with Crippen LogP contribution in [0.4, 0.5) is 0 Å². The molecule has 0 N–H and O–H groups in total. The van der Waals surface area contributed by atoms with Gasteiger partial charge in [-0.2, -0.15) is 0 Å². The van der Waals surface area contributed by atoms with Gasteiger partial charge in [0.15, 0.2) is 0 Å². The molecule has 1 heterocycles. The van der Waals surface area contributed by atoms with E-state index in [9.17, 15) is 4.79 Å². The van der Waals surface area contributed by atoms with Gasteiger partial charge in [-0.25, -0.2) is 0 Å². The van der Waals surface area contributed by atoms with Crippen LogP contribution in [0.2, 0.25) is 0 Å². The third kappa shape index (κ3) is 4.23. The Hall–Kier alpha value is -0.370. The quantitative estimate of drug-likeness (QED) is 0.481. The van der Waals surface area contributed by atoms with E-state index in [0.29, 0.717) is 5.92 Å². The molecule has 0 saturated carbocycles. The first kappa shape index (κ1) is 11.7. The fraction of sp³-hybridized carbons (Fsp3) is 0.917. The lowest BCUT2D eigenvalue weighted by Crippen LogP contribution is -2.34. The number of carbonyl (C=O) groups excluding carboxylic acids is 1. The average Bonchev–Trinajstić information content (AvgIpc) is 2.21. The van der Waals surface area contributed by atoms with Crippen molar-refractivity contribution in [1.29, 1.82) is 0 Å². The zero-order chi connectivity index (χ0) is 10.2. The highest BCUT2D eigenvalue weighted by Crippen LogP contribution is 2.19. The molecule has 1 fully saturated rings. The van der Waals surface area contributed by atoms with Gasteiger partial charge in [0.2, 0.25) is 0 Å². The molecule has 2 nitrogen and oxygen atoms in total. The maximum Gasteiger partial charge on any atom is 0.120 e. The fourth-order valence-corrected chi connectivity index (χ4v) is 2.17. The second-order valence-electron chi connectivity index (χ2n) is 4.39. The number of carbonyl (C=O) groups is 1. The molecule has 1 rings (SSSR count). The molecule has 2 heteroatoms. The number of likely N-dealkylation sites (tertiary alicyclic amines) is 1. The van der Waals surface area contributed by atoms with E-state index in [2.05, 4.69) is 11.8 Å². The Labute approximate surface area is 87.7 Å². The van der Waals surface area contributed by atoms with Crippen LogP contribution in [0, 0.1) is 5.92 Å². The van der Waals surface area contributed by atoms with Crippen molar-refractivity contribution in [2.45, 2.75) is 45.4 Å². The van der Waals surface area contributed by atoms with Crippen LogP contribution in [0.3, 0.4) is 0 Å². The number of piperidine rings is 1. The summed E-state index contributed by atoms with van der Waals surface area (Å²) in [7, 11) is 0. The molecule has 0 bridgehead atoms. The normalized spacial score (nSPS) is 19.8. The summed E-state index contributed by atoms with van der Waals surface area (Å²) in [5.41, 5.74) is 0. The molecular weight excluding hydrogens is 174 g/mol. The van der Waals surface area contributed by atoms with Gasteiger partial charge in [0.1, 0.15) is 6.29 Å². The number of hydrogen-bond acceptors (Lipinski definition) is 2. The molecule has 14 heavy (non-hydrogen) atoms. The Balaban J connectivity index is 2.06. The molecule has 0 aromatic heterocycles. The molecular formula is C12H23NO. The van der Waals surface area contributed by atoms with Gasteiger partial charge < -0.3 is 9.69 Å². The first-order valence-electron chi connectivity index (χ1n) is 6.02. The van der Waals surface area contributed by atoms with Crippen LogP contribution in [0.5, 0.6) is 0 Å². The van der Waals surface area contributed by atoms with E-state index in [4.69, 9.17) is 0 Å². The Morgan fingerprint density at radius 1 is 1.29 bits per heavy atom. The van der Waals surface area contributed by atoms with Crippen LogP contribution in [-0.4, -0.2) is 30.8 Å². The van der Waals surface area contributed by atoms with E-state index in [0.717, 1.165) is 12.7 Å². The topological polar surface area (TPSA) is 20.3 Å². The SMILES string of the molecule is CCCCCN1CCC(CC=O)CC1. The van der Waals surface area contributed by atoms with Gasteiger partial charge in [0.25, 0.3) is 0 Å². The van der Waals surface area contributed by atoms with Crippen molar-refractivity contribution in [3.05, 3.63) is 0 Å². The number of nitrogens with zero attached hydrogens (tertiary/aromatic N) is 1. The number of hydrogen-bond donors (Lipinski definition) is 0. The van der Waals surface area contributed by atoms with E-state index in [1.54, 1.807) is 0 Å². The van der Waals surface area contributed by atoms with Crippen LogP contribution in [0.25, 0.3) is 0 Å². The molecule has 0 amide bonds. The van der Waals surface area contributed by atoms with Crippen molar-refractivity contribution in [1.82, 2.24) is 4.90 Å². The highest BCUT2D eigenvalue weighted by atomic mass is 16.1. The summed E-state index contributed by atoms with van der Waals surface area (Å²) in [6, 6.07) is 0. The van der Waals surface area contributed by atoms with E-state index in [1.807, 2.05) is 0 Å². The van der Waals surface area contributed by atoms with Crippen molar-refractivity contribution < 1.29 is 4.79 Å². The summed E-state index contributed by atoms with van der Waals surface area (Å²) in [6.07, 6.45) is 8.32. The van der Waals surface area contributed by atoms with Gasteiger partial charge in [-0.1, -0.05) is 19.8 Å². The number of unbranched alkanes of at least 4 members (excludes halogenated alkanes) is 2. The maximum absolute atomic E-state index is 10.4. The van der Waals surface area contributed by atoms with Gasteiger partial charge >= 0.3 is 0 Å². The summed E-state index contributed by atoms with van der Waals surface area (Å²) in [5.74, 6) is 0.676. The highest BCUT2D eigenvalue weighted by molar-refractivity contribution is 5.49. The molecule has 0 aromatic rings. The lowest BCUT2D eigenvalue weighted by atomic mass is 9.94. The van der Waals surface area contributed by atoms with E-state index >= 15 is 0 Å². The Kier molecular flexibility index (Phi) is 5.85. The standard InChI is InChI=1S/C12H23NO/c1-2-3-4-8-13-9-5-12(6-10-13)7-11-14/h11-12H,2-10H2,1H3. The molecule has 0 spiro atoms. The van der Waals surface area contributed by atoms with Crippen LogP contribution in [-0.2, 0) is 4.79 Å². The van der Waals surface area contributed by atoms with Crippen molar-refractivity contribution in [2.24, 2.45) is 5.92 Å². The summed E-state index contributed by atoms with van der Waals surface area (Å²) < 4.78 is 0. The molecule has 1 aliphatic heterocycles. The Morgan fingerprint density at radius 3 is 2.57 bits per heavy atom. The van der Waals surface area contributed by atoms with Crippen molar-refractivity contribution in [3.8, 4) is 0 Å². The number of rotatable bonds is 6. The summed E-state index contributed by atoms with van der Waals surface area (Å²) >= 11 is 0. The highest BCUT2D eigenvalue weighted by Gasteiger charge is 2.17. The lowest BCUT2D eigenvalue weighted by molar-refractivity contribution is -0.108. The average molecular weight is 197 g/mol. The van der Waals surface area contributed by atoms with Crippen LogP contribution in [0.15, 0.2) is 0 Å². The van der Waals surface area contributed by atoms with Crippen molar-refractivity contribution in [2.75, 3.05) is 19.6 Å². The monoisotopic (exact) mass is 197 g/mol. The van der Waals surface area contributed by atoms with E-state index in [1.165, 1.54) is 51.7 Å².